The number of benzene rings is 2. The molecular formula is C26H25ClF3N5O5. The highest BCUT2D eigenvalue weighted by atomic mass is 35.5. The Kier molecular flexibility index (Phi) is 8.17. The summed E-state index contributed by atoms with van der Waals surface area (Å²) in [7, 11) is 0. The van der Waals surface area contributed by atoms with Crippen LogP contribution in [0.2, 0.25) is 5.15 Å². The van der Waals surface area contributed by atoms with E-state index in [4.69, 9.17) is 31.1 Å². The molecule has 0 amide bonds. The second-order valence-corrected chi connectivity index (χ2v) is 9.88. The molecule has 0 atom stereocenters. The smallest absolute Gasteiger partial charge is 0.480 e. The Morgan fingerprint density at radius 2 is 1.88 bits per heavy atom. The number of aromatic nitrogens is 4. The van der Waals surface area contributed by atoms with Gasteiger partial charge in [-0.25, -0.2) is 4.79 Å². The number of aliphatic carboxylic acids is 2. The molecule has 0 saturated carbocycles. The molecule has 5 rings (SSSR count). The summed E-state index contributed by atoms with van der Waals surface area (Å²) in [5.41, 5.74) is 6.14. The molecule has 1 aliphatic heterocycles. The van der Waals surface area contributed by atoms with Gasteiger partial charge in [0.1, 0.15) is 0 Å². The molecule has 212 valence electrons. The van der Waals surface area contributed by atoms with Crippen molar-refractivity contribution < 1.29 is 37.5 Å². The van der Waals surface area contributed by atoms with Crippen LogP contribution in [-0.2, 0) is 22.6 Å². The molecule has 3 heterocycles. The average Bonchev–Trinajstić information content (AvgIpc) is 3.49. The SMILES string of the molecule is Cc1c(-c2noc(-c3ccc4c(c3)c(Cl)nn4C(C)C)n2)ccc2c1CCN(CC(=O)O)C2.O=C(O)C(F)(F)F. The maximum atomic E-state index is 11.0. The summed E-state index contributed by atoms with van der Waals surface area (Å²) in [6, 6.07) is 10.1. The van der Waals surface area contributed by atoms with Crippen molar-refractivity contribution in [1.82, 2.24) is 24.8 Å². The third-order valence-corrected chi connectivity index (χ3v) is 6.71. The van der Waals surface area contributed by atoms with Gasteiger partial charge in [0.25, 0.3) is 5.89 Å². The molecule has 0 saturated heterocycles. The van der Waals surface area contributed by atoms with Crippen molar-refractivity contribution >= 4 is 34.4 Å². The Morgan fingerprint density at radius 3 is 2.50 bits per heavy atom. The molecule has 2 aromatic carbocycles. The van der Waals surface area contributed by atoms with E-state index in [-0.39, 0.29) is 12.6 Å². The van der Waals surface area contributed by atoms with Crippen molar-refractivity contribution in [2.24, 2.45) is 0 Å². The van der Waals surface area contributed by atoms with E-state index in [9.17, 15) is 18.0 Å². The van der Waals surface area contributed by atoms with Gasteiger partial charge in [0.15, 0.2) is 5.15 Å². The molecule has 0 spiro atoms. The zero-order valence-electron chi connectivity index (χ0n) is 21.7. The fourth-order valence-corrected chi connectivity index (χ4v) is 4.78. The largest absolute Gasteiger partial charge is 0.490 e. The van der Waals surface area contributed by atoms with Gasteiger partial charge in [0, 0.05) is 35.6 Å². The standard InChI is InChI=1S/C24H24ClN5O3.C2HF3O2/c1-13(2)30-20-7-5-15(10-19(20)22(25)27-30)24-26-23(28-33-24)18-6-4-16-11-29(12-21(31)32)9-8-17(16)14(18)3;3-2(4,5)1(6)7/h4-7,10,13H,8-9,11-12H2,1-3H3,(H,31,32);(H,6,7). The first-order valence-electron chi connectivity index (χ1n) is 12.1. The Morgan fingerprint density at radius 1 is 1.18 bits per heavy atom. The van der Waals surface area contributed by atoms with Crippen LogP contribution in [0.4, 0.5) is 13.2 Å². The summed E-state index contributed by atoms with van der Waals surface area (Å²) in [6.07, 6.45) is -4.29. The van der Waals surface area contributed by atoms with Crippen molar-refractivity contribution in [3.05, 3.63) is 52.2 Å². The van der Waals surface area contributed by atoms with E-state index in [1.807, 2.05) is 39.9 Å². The topological polar surface area (TPSA) is 135 Å². The van der Waals surface area contributed by atoms with Crippen molar-refractivity contribution in [2.75, 3.05) is 13.1 Å². The minimum atomic E-state index is -5.08. The van der Waals surface area contributed by atoms with Gasteiger partial charge in [0.05, 0.1) is 12.1 Å². The summed E-state index contributed by atoms with van der Waals surface area (Å²) >= 11 is 6.37. The first-order valence-corrected chi connectivity index (χ1v) is 12.5. The van der Waals surface area contributed by atoms with E-state index in [0.29, 0.717) is 30.0 Å². The highest BCUT2D eigenvalue weighted by Crippen LogP contribution is 2.33. The van der Waals surface area contributed by atoms with Gasteiger partial charge in [-0.05, 0) is 62.1 Å². The fourth-order valence-electron chi connectivity index (χ4n) is 4.55. The van der Waals surface area contributed by atoms with E-state index < -0.39 is 18.1 Å². The maximum Gasteiger partial charge on any atom is 0.490 e. The molecule has 14 heteroatoms. The van der Waals surface area contributed by atoms with E-state index in [1.165, 1.54) is 5.56 Å². The van der Waals surface area contributed by atoms with Crippen LogP contribution in [0.15, 0.2) is 34.9 Å². The quantitative estimate of drug-likeness (QED) is 0.320. The molecule has 0 fully saturated rings. The molecule has 0 bridgehead atoms. The normalized spacial score (nSPS) is 13.7. The van der Waals surface area contributed by atoms with Crippen LogP contribution in [0.5, 0.6) is 0 Å². The number of hydrogen-bond acceptors (Lipinski definition) is 7. The zero-order chi connectivity index (χ0) is 29.4. The summed E-state index contributed by atoms with van der Waals surface area (Å²) in [5.74, 6) is -2.61. The van der Waals surface area contributed by atoms with E-state index in [1.54, 1.807) is 0 Å². The number of halogens is 4. The Balaban J connectivity index is 0.000000470. The van der Waals surface area contributed by atoms with E-state index in [0.717, 1.165) is 39.6 Å². The van der Waals surface area contributed by atoms with Crippen LogP contribution in [-0.4, -0.2) is 66.2 Å². The number of hydrogen-bond donors (Lipinski definition) is 2. The highest BCUT2D eigenvalue weighted by molar-refractivity contribution is 6.34. The lowest BCUT2D eigenvalue weighted by Crippen LogP contribution is -2.35. The molecular weight excluding hydrogens is 555 g/mol. The molecule has 0 unspecified atom stereocenters. The zero-order valence-corrected chi connectivity index (χ0v) is 22.4. The molecule has 4 aromatic rings. The van der Waals surface area contributed by atoms with Gasteiger partial charge in [-0.2, -0.15) is 23.3 Å². The summed E-state index contributed by atoms with van der Waals surface area (Å²) in [4.78, 5) is 26.5. The minimum Gasteiger partial charge on any atom is -0.480 e. The third-order valence-electron chi connectivity index (χ3n) is 6.43. The van der Waals surface area contributed by atoms with Gasteiger partial charge < -0.3 is 14.7 Å². The lowest BCUT2D eigenvalue weighted by atomic mass is 9.91. The van der Waals surface area contributed by atoms with Gasteiger partial charge in [0.2, 0.25) is 5.82 Å². The monoisotopic (exact) mass is 579 g/mol. The number of fused-ring (bicyclic) bond motifs is 2. The van der Waals surface area contributed by atoms with Gasteiger partial charge in [-0.15, -0.1) is 0 Å². The first kappa shape index (κ1) is 29.0. The van der Waals surface area contributed by atoms with Crippen molar-refractivity contribution in [2.45, 2.75) is 46.0 Å². The third kappa shape index (κ3) is 6.10. The summed E-state index contributed by atoms with van der Waals surface area (Å²) < 4.78 is 39.2. The molecule has 2 N–H and O–H groups in total. The lowest BCUT2D eigenvalue weighted by Gasteiger charge is -2.28. The second kappa shape index (κ2) is 11.3. The van der Waals surface area contributed by atoms with E-state index >= 15 is 0 Å². The molecule has 10 nitrogen and oxygen atoms in total. The second-order valence-electron chi connectivity index (χ2n) is 9.52. The Labute approximate surface area is 231 Å². The van der Waals surface area contributed by atoms with E-state index in [2.05, 4.69) is 36.0 Å². The highest BCUT2D eigenvalue weighted by Gasteiger charge is 2.38. The van der Waals surface area contributed by atoms with Gasteiger partial charge in [-0.3, -0.25) is 14.4 Å². The van der Waals surface area contributed by atoms with Crippen molar-refractivity contribution in [1.29, 1.82) is 0 Å². The molecule has 0 aliphatic carbocycles. The number of rotatable bonds is 5. The average molecular weight is 580 g/mol. The first-order chi connectivity index (χ1) is 18.8. The predicted octanol–water partition coefficient (Wildman–Crippen LogP) is 5.37. The van der Waals surface area contributed by atoms with Crippen LogP contribution < -0.4 is 0 Å². The van der Waals surface area contributed by atoms with Crippen LogP contribution in [0.1, 0.15) is 36.6 Å². The maximum absolute atomic E-state index is 11.0. The molecule has 0 radical (unpaired) electrons. The van der Waals surface area contributed by atoms with Crippen LogP contribution in [0.3, 0.4) is 0 Å². The number of carboxylic acids is 2. The van der Waals surface area contributed by atoms with Gasteiger partial charge in [-0.1, -0.05) is 28.9 Å². The van der Waals surface area contributed by atoms with Crippen LogP contribution >= 0.6 is 11.6 Å². The van der Waals surface area contributed by atoms with Crippen LogP contribution in [0, 0.1) is 6.92 Å². The van der Waals surface area contributed by atoms with Crippen molar-refractivity contribution in [3.63, 3.8) is 0 Å². The summed E-state index contributed by atoms with van der Waals surface area (Å²) in [6.45, 7) is 7.58. The minimum absolute atomic E-state index is 0.0544. The molecule has 1 aliphatic rings. The number of alkyl halides is 3. The van der Waals surface area contributed by atoms with Crippen LogP contribution in [0.25, 0.3) is 33.7 Å². The lowest BCUT2D eigenvalue weighted by molar-refractivity contribution is -0.192. The van der Waals surface area contributed by atoms with Crippen molar-refractivity contribution in [3.8, 4) is 22.8 Å². The Bertz CT molecular complexity index is 1580. The number of carboxylic acid groups (broad SMARTS) is 2. The van der Waals surface area contributed by atoms with Gasteiger partial charge >= 0.3 is 18.1 Å². The molecule has 2 aromatic heterocycles. The number of carbonyl (C=O) groups is 2. The molecule has 40 heavy (non-hydrogen) atoms. The number of nitrogens with zero attached hydrogens (tertiary/aromatic N) is 5. The summed E-state index contributed by atoms with van der Waals surface area (Å²) in [5, 5.41) is 26.2. The fraction of sp³-hybridized carbons (Fsp3) is 0.346. The Hall–Kier alpha value is -3.97. The predicted molar refractivity (Wildman–Crippen MR) is 139 cm³/mol.